The Hall–Kier alpha value is -3.16. The standard InChI is InChI=1S/C18H19N3O5/c19-17(24)14-7-3-4-8-21(14)16(23)10-26-18(25)12-9-15(22)20-13-6-2-1-5-11(12)13/h1-2,5-6,9,14H,3-4,7-8,10H2,(H2,19,24)(H,20,22)/t14-/m0/s1. The first-order valence-electron chi connectivity index (χ1n) is 8.35. The Bertz CT molecular complexity index is 920. The van der Waals surface area contributed by atoms with E-state index in [4.69, 9.17) is 10.5 Å². The van der Waals surface area contributed by atoms with Gasteiger partial charge < -0.3 is 20.4 Å². The minimum Gasteiger partial charge on any atom is -0.452 e. The molecule has 0 radical (unpaired) electrons. The van der Waals surface area contributed by atoms with E-state index < -0.39 is 36.0 Å². The summed E-state index contributed by atoms with van der Waals surface area (Å²) in [6, 6.07) is 7.28. The average Bonchev–Trinajstić information content (AvgIpc) is 2.65. The average molecular weight is 357 g/mol. The van der Waals surface area contributed by atoms with E-state index in [0.717, 1.165) is 18.9 Å². The van der Waals surface area contributed by atoms with Gasteiger partial charge in [0.05, 0.1) is 5.56 Å². The number of amides is 2. The molecule has 0 bridgehead atoms. The SMILES string of the molecule is NC(=O)[C@@H]1CCCCN1C(=O)COC(=O)c1cc(=O)[nH]c2ccccc12. The number of hydrogen-bond acceptors (Lipinski definition) is 5. The number of carbonyl (C=O) groups excluding carboxylic acids is 3. The third-order valence-corrected chi connectivity index (χ3v) is 4.45. The first kappa shape index (κ1) is 17.7. The molecule has 2 aromatic rings. The lowest BCUT2D eigenvalue weighted by atomic mass is 10.0. The van der Waals surface area contributed by atoms with Crippen LogP contribution in [-0.2, 0) is 14.3 Å². The summed E-state index contributed by atoms with van der Waals surface area (Å²) in [4.78, 5) is 51.9. The van der Waals surface area contributed by atoms with Gasteiger partial charge in [0.15, 0.2) is 6.61 Å². The van der Waals surface area contributed by atoms with Crippen molar-refractivity contribution in [3.8, 4) is 0 Å². The number of benzene rings is 1. The molecule has 1 fully saturated rings. The van der Waals surface area contributed by atoms with Crippen LogP contribution in [0.2, 0.25) is 0 Å². The van der Waals surface area contributed by atoms with E-state index in [0.29, 0.717) is 23.9 Å². The van der Waals surface area contributed by atoms with Crippen molar-refractivity contribution < 1.29 is 19.1 Å². The van der Waals surface area contributed by atoms with Crippen molar-refractivity contribution >= 4 is 28.7 Å². The Kier molecular flexibility index (Phi) is 5.01. The van der Waals surface area contributed by atoms with Crippen LogP contribution >= 0.6 is 0 Å². The summed E-state index contributed by atoms with van der Waals surface area (Å²) in [5.74, 6) is -1.81. The van der Waals surface area contributed by atoms with Crippen molar-refractivity contribution in [1.82, 2.24) is 9.88 Å². The topological polar surface area (TPSA) is 123 Å². The predicted molar refractivity (Wildman–Crippen MR) is 93.4 cm³/mol. The number of primary amides is 1. The number of nitrogens with one attached hydrogen (secondary N) is 1. The van der Waals surface area contributed by atoms with Crippen LogP contribution in [0.15, 0.2) is 35.1 Å². The zero-order valence-corrected chi connectivity index (χ0v) is 14.1. The maximum absolute atomic E-state index is 12.4. The minimum atomic E-state index is -0.770. The molecule has 0 spiro atoms. The fourth-order valence-corrected chi connectivity index (χ4v) is 3.19. The summed E-state index contributed by atoms with van der Waals surface area (Å²) in [5.41, 5.74) is 5.49. The minimum absolute atomic E-state index is 0.0854. The number of aromatic nitrogens is 1. The number of para-hydroxylation sites is 1. The van der Waals surface area contributed by atoms with Crippen LogP contribution in [0.1, 0.15) is 29.6 Å². The summed E-state index contributed by atoms with van der Waals surface area (Å²) >= 11 is 0. The van der Waals surface area contributed by atoms with E-state index in [1.54, 1.807) is 24.3 Å². The number of esters is 1. The molecular weight excluding hydrogens is 338 g/mol. The quantitative estimate of drug-likeness (QED) is 0.774. The molecule has 2 amide bonds. The molecule has 0 aliphatic carbocycles. The molecule has 8 heteroatoms. The monoisotopic (exact) mass is 357 g/mol. The van der Waals surface area contributed by atoms with Crippen molar-refractivity contribution in [2.75, 3.05) is 13.2 Å². The fraction of sp³-hybridized carbons (Fsp3) is 0.333. The molecular formula is C18H19N3O5. The van der Waals surface area contributed by atoms with Crippen molar-refractivity contribution in [2.45, 2.75) is 25.3 Å². The second-order valence-corrected chi connectivity index (χ2v) is 6.17. The first-order valence-corrected chi connectivity index (χ1v) is 8.35. The number of ether oxygens (including phenoxy) is 1. The van der Waals surface area contributed by atoms with Gasteiger partial charge in [-0.2, -0.15) is 0 Å². The molecule has 3 rings (SSSR count). The van der Waals surface area contributed by atoms with Gasteiger partial charge >= 0.3 is 5.97 Å². The summed E-state index contributed by atoms with van der Waals surface area (Å²) in [5, 5.41) is 0.525. The number of nitrogens with two attached hydrogens (primary N) is 1. The highest BCUT2D eigenvalue weighted by molar-refractivity contribution is 6.03. The van der Waals surface area contributed by atoms with E-state index in [1.807, 2.05) is 0 Å². The lowest BCUT2D eigenvalue weighted by molar-refractivity contribution is -0.143. The van der Waals surface area contributed by atoms with Gasteiger partial charge in [0.25, 0.3) is 5.91 Å². The highest BCUT2D eigenvalue weighted by Gasteiger charge is 2.31. The molecule has 1 aromatic carbocycles. The molecule has 2 heterocycles. The zero-order valence-electron chi connectivity index (χ0n) is 14.1. The van der Waals surface area contributed by atoms with Gasteiger partial charge in [-0.15, -0.1) is 0 Å². The molecule has 26 heavy (non-hydrogen) atoms. The lowest BCUT2D eigenvalue weighted by Gasteiger charge is -2.33. The van der Waals surface area contributed by atoms with Crippen LogP contribution in [0.25, 0.3) is 10.9 Å². The summed E-state index contributed by atoms with van der Waals surface area (Å²) in [7, 11) is 0. The molecule has 1 atom stereocenters. The maximum Gasteiger partial charge on any atom is 0.339 e. The number of hydrogen-bond donors (Lipinski definition) is 2. The smallest absolute Gasteiger partial charge is 0.339 e. The number of likely N-dealkylation sites (tertiary alicyclic amines) is 1. The summed E-state index contributed by atoms with van der Waals surface area (Å²) in [6.45, 7) is -0.109. The lowest BCUT2D eigenvalue weighted by Crippen LogP contribution is -2.51. The van der Waals surface area contributed by atoms with E-state index in [-0.39, 0.29) is 5.56 Å². The predicted octanol–water partition coefficient (Wildman–Crippen LogP) is 0.551. The normalized spacial score (nSPS) is 17.1. The number of aromatic amines is 1. The molecule has 1 saturated heterocycles. The van der Waals surface area contributed by atoms with E-state index in [9.17, 15) is 19.2 Å². The van der Waals surface area contributed by atoms with Gasteiger partial charge in [0, 0.05) is 23.5 Å². The van der Waals surface area contributed by atoms with E-state index >= 15 is 0 Å². The molecule has 8 nitrogen and oxygen atoms in total. The highest BCUT2D eigenvalue weighted by atomic mass is 16.5. The number of piperidine rings is 1. The zero-order chi connectivity index (χ0) is 18.7. The number of fused-ring (bicyclic) bond motifs is 1. The molecule has 1 aliphatic heterocycles. The van der Waals surface area contributed by atoms with Crippen molar-refractivity contribution in [3.63, 3.8) is 0 Å². The van der Waals surface area contributed by atoms with Crippen LogP contribution in [-0.4, -0.2) is 46.9 Å². The number of H-pyrrole nitrogens is 1. The van der Waals surface area contributed by atoms with Crippen LogP contribution < -0.4 is 11.3 Å². The first-order chi connectivity index (χ1) is 12.5. The number of nitrogens with zero attached hydrogens (tertiary/aromatic N) is 1. The van der Waals surface area contributed by atoms with Gasteiger partial charge in [-0.25, -0.2) is 4.79 Å². The van der Waals surface area contributed by atoms with Gasteiger partial charge in [-0.3, -0.25) is 14.4 Å². The third-order valence-electron chi connectivity index (χ3n) is 4.45. The van der Waals surface area contributed by atoms with Gasteiger partial charge in [0.2, 0.25) is 11.5 Å². The molecule has 0 saturated carbocycles. The largest absolute Gasteiger partial charge is 0.452 e. The van der Waals surface area contributed by atoms with Crippen LogP contribution in [0.5, 0.6) is 0 Å². The molecule has 3 N–H and O–H groups in total. The fourth-order valence-electron chi connectivity index (χ4n) is 3.19. The Labute approximate surface area is 148 Å². The Balaban J connectivity index is 1.74. The van der Waals surface area contributed by atoms with Gasteiger partial charge in [-0.05, 0) is 25.3 Å². The van der Waals surface area contributed by atoms with Gasteiger partial charge in [0.1, 0.15) is 6.04 Å². The number of pyridine rings is 1. The van der Waals surface area contributed by atoms with Gasteiger partial charge in [-0.1, -0.05) is 18.2 Å². The van der Waals surface area contributed by atoms with Crippen LogP contribution in [0, 0.1) is 0 Å². The maximum atomic E-state index is 12.4. The Morgan fingerprint density at radius 2 is 2.00 bits per heavy atom. The number of rotatable bonds is 4. The van der Waals surface area contributed by atoms with Crippen LogP contribution in [0.3, 0.4) is 0 Å². The Morgan fingerprint density at radius 1 is 1.23 bits per heavy atom. The molecule has 1 aromatic heterocycles. The molecule has 1 aliphatic rings. The van der Waals surface area contributed by atoms with E-state index in [2.05, 4.69) is 4.98 Å². The Morgan fingerprint density at radius 3 is 2.77 bits per heavy atom. The second kappa shape index (κ2) is 7.38. The highest BCUT2D eigenvalue weighted by Crippen LogP contribution is 2.18. The third kappa shape index (κ3) is 3.58. The number of carbonyl (C=O) groups is 3. The molecule has 0 unspecified atom stereocenters. The summed E-state index contributed by atoms with van der Waals surface area (Å²) in [6.07, 6.45) is 2.09. The molecule has 136 valence electrons. The summed E-state index contributed by atoms with van der Waals surface area (Å²) < 4.78 is 5.10. The van der Waals surface area contributed by atoms with E-state index in [1.165, 1.54) is 4.90 Å². The van der Waals surface area contributed by atoms with Crippen LogP contribution in [0.4, 0.5) is 0 Å². The second-order valence-electron chi connectivity index (χ2n) is 6.17. The van der Waals surface area contributed by atoms with Crippen molar-refractivity contribution in [2.24, 2.45) is 5.73 Å². The van der Waals surface area contributed by atoms with Crippen molar-refractivity contribution in [3.05, 3.63) is 46.2 Å². The van der Waals surface area contributed by atoms with Crippen molar-refractivity contribution in [1.29, 1.82) is 0 Å².